The van der Waals surface area contributed by atoms with Crippen LogP contribution in [0.1, 0.15) is 29.7 Å². The first-order valence-corrected chi connectivity index (χ1v) is 12.1. The molecular formula is C24H26N4O3S. The number of aromatic nitrogens is 2. The third kappa shape index (κ3) is 5.15. The van der Waals surface area contributed by atoms with E-state index in [1.165, 1.54) is 0 Å². The molecule has 0 amide bonds. The molecule has 1 fully saturated rings. The van der Waals surface area contributed by atoms with Crippen LogP contribution in [0.25, 0.3) is 12.2 Å². The Kier molecular flexibility index (Phi) is 6.53. The van der Waals surface area contributed by atoms with E-state index in [2.05, 4.69) is 20.6 Å². The van der Waals surface area contributed by atoms with Crippen LogP contribution in [-0.2, 0) is 9.84 Å². The van der Waals surface area contributed by atoms with Gasteiger partial charge < -0.3 is 15.7 Å². The number of piperidine rings is 1. The number of aromatic hydroxyl groups is 1. The average Bonchev–Trinajstić information content (AvgIpc) is 2.80. The number of hydrogen-bond acceptors (Lipinski definition) is 7. The maximum Gasteiger partial charge on any atom is 0.227 e. The van der Waals surface area contributed by atoms with Gasteiger partial charge in [0.15, 0.2) is 9.84 Å². The fraction of sp³-hybridized carbons (Fsp3) is 0.250. The van der Waals surface area contributed by atoms with Gasteiger partial charge in [-0.15, -0.1) is 0 Å². The molecule has 3 N–H and O–H groups in total. The fourth-order valence-corrected chi connectivity index (χ4v) is 5.43. The topological polar surface area (TPSA) is 104 Å². The highest BCUT2D eigenvalue weighted by Crippen LogP contribution is 2.24. The predicted molar refractivity (Wildman–Crippen MR) is 127 cm³/mol. The Morgan fingerprint density at radius 2 is 1.84 bits per heavy atom. The second-order valence-electron chi connectivity index (χ2n) is 7.81. The largest absolute Gasteiger partial charge is 0.508 e. The van der Waals surface area contributed by atoms with Crippen LogP contribution in [0.2, 0.25) is 0 Å². The smallest absolute Gasteiger partial charge is 0.227 e. The van der Waals surface area contributed by atoms with Crippen LogP contribution < -0.4 is 10.6 Å². The van der Waals surface area contributed by atoms with E-state index in [0.29, 0.717) is 23.7 Å². The standard InChI is InChI=1S/C24H26N4O3S/c1-17-19(6-5-18-3-2-4-21(29)15-18)16-26-24(27-17)28-20-7-9-22(10-8-20)32(30,31)23-11-13-25-14-12-23/h2-10,15-16,23,25,29H,11-14H2,1H3,(H,26,27,28). The van der Waals surface area contributed by atoms with E-state index in [9.17, 15) is 13.5 Å². The van der Waals surface area contributed by atoms with Gasteiger partial charge in [-0.25, -0.2) is 18.4 Å². The Balaban J connectivity index is 1.44. The van der Waals surface area contributed by atoms with Crippen LogP contribution in [0, 0.1) is 6.92 Å². The molecule has 0 aliphatic carbocycles. The highest BCUT2D eigenvalue weighted by molar-refractivity contribution is 7.92. The third-order valence-electron chi connectivity index (χ3n) is 5.51. The number of hydrogen-bond donors (Lipinski definition) is 3. The van der Waals surface area contributed by atoms with Crippen molar-refractivity contribution < 1.29 is 13.5 Å². The van der Waals surface area contributed by atoms with Gasteiger partial charge in [0.05, 0.1) is 15.8 Å². The molecular weight excluding hydrogens is 424 g/mol. The van der Waals surface area contributed by atoms with Crippen molar-refractivity contribution in [3.05, 3.63) is 71.5 Å². The van der Waals surface area contributed by atoms with E-state index in [1.807, 2.05) is 25.1 Å². The number of sulfone groups is 1. The summed E-state index contributed by atoms with van der Waals surface area (Å²) in [5.41, 5.74) is 3.26. The summed E-state index contributed by atoms with van der Waals surface area (Å²) in [6.07, 6.45) is 6.79. The van der Waals surface area contributed by atoms with Crippen molar-refractivity contribution in [3.63, 3.8) is 0 Å². The summed E-state index contributed by atoms with van der Waals surface area (Å²) in [6, 6.07) is 13.7. The Morgan fingerprint density at radius 3 is 2.53 bits per heavy atom. The van der Waals surface area contributed by atoms with E-state index < -0.39 is 9.84 Å². The van der Waals surface area contributed by atoms with Gasteiger partial charge in [-0.2, -0.15) is 0 Å². The van der Waals surface area contributed by atoms with Crippen LogP contribution in [0.5, 0.6) is 5.75 Å². The molecule has 1 aromatic heterocycles. The number of anilines is 2. The van der Waals surface area contributed by atoms with E-state index in [4.69, 9.17) is 0 Å². The molecule has 1 aliphatic heterocycles. The van der Waals surface area contributed by atoms with Crippen LogP contribution in [-0.4, -0.2) is 41.8 Å². The summed E-state index contributed by atoms with van der Waals surface area (Å²) in [6.45, 7) is 3.36. The van der Waals surface area contributed by atoms with Crippen molar-refractivity contribution in [2.24, 2.45) is 0 Å². The van der Waals surface area contributed by atoms with Crippen LogP contribution >= 0.6 is 0 Å². The first-order chi connectivity index (χ1) is 15.4. The molecule has 32 heavy (non-hydrogen) atoms. The number of nitrogens with zero attached hydrogens (tertiary/aromatic N) is 2. The van der Waals surface area contributed by atoms with E-state index in [1.54, 1.807) is 48.7 Å². The SMILES string of the molecule is Cc1nc(Nc2ccc(S(=O)(=O)C3CCNCC3)cc2)ncc1C=Cc1cccc(O)c1. The number of benzene rings is 2. The van der Waals surface area contributed by atoms with Gasteiger partial charge in [0.25, 0.3) is 0 Å². The average molecular weight is 451 g/mol. The molecule has 0 radical (unpaired) electrons. The number of phenols is 1. The highest BCUT2D eigenvalue weighted by atomic mass is 32.2. The lowest BCUT2D eigenvalue weighted by Crippen LogP contribution is -2.35. The number of rotatable bonds is 6. The van der Waals surface area contributed by atoms with Crippen molar-refractivity contribution in [1.82, 2.24) is 15.3 Å². The minimum atomic E-state index is -3.32. The lowest BCUT2D eigenvalue weighted by atomic mass is 10.1. The minimum absolute atomic E-state index is 0.217. The van der Waals surface area contributed by atoms with Crippen molar-refractivity contribution in [3.8, 4) is 5.75 Å². The summed E-state index contributed by atoms with van der Waals surface area (Å²) in [5, 5.41) is 15.6. The summed E-state index contributed by atoms with van der Waals surface area (Å²) < 4.78 is 25.7. The molecule has 0 bridgehead atoms. The van der Waals surface area contributed by atoms with Gasteiger partial charge in [-0.3, -0.25) is 0 Å². The summed E-state index contributed by atoms with van der Waals surface area (Å²) >= 11 is 0. The molecule has 0 unspecified atom stereocenters. The molecule has 3 aromatic rings. The molecule has 0 spiro atoms. The van der Waals surface area contributed by atoms with Crippen molar-refractivity contribution in [2.75, 3.05) is 18.4 Å². The van der Waals surface area contributed by atoms with E-state index in [0.717, 1.165) is 35.6 Å². The van der Waals surface area contributed by atoms with Gasteiger partial charge in [-0.1, -0.05) is 24.3 Å². The zero-order valence-corrected chi connectivity index (χ0v) is 18.6. The minimum Gasteiger partial charge on any atom is -0.508 e. The predicted octanol–water partition coefficient (Wildman–Crippen LogP) is 3.93. The number of nitrogens with one attached hydrogen (secondary N) is 2. The lowest BCUT2D eigenvalue weighted by Gasteiger charge is -2.22. The second-order valence-corrected chi connectivity index (χ2v) is 10.0. The first kappa shape index (κ1) is 22.0. The molecule has 1 aliphatic rings. The van der Waals surface area contributed by atoms with Crippen LogP contribution in [0.4, 0.5) is 11.6 Å². The molecule has 1 saturated heterocycles. The first-order valence-electron chi connectivity index (χ1n) is 10.5. The summed E-state index contributed by atoms with van der Waals surface area (Å²) in [4.78, 5) is 9.20. The second kappa shape index (κ2) is 9.50. The molecule has 166 valence electrons. The van der Waals surface area contributed by atoms with Crippen LogP contribution in [0.3, 0.4) is 0 Å². The van der Waals surface area contributed by atoms with E-state index in [-0.39, 0.29) is 11.0 Å². The number of phenolic OH excluding ortho intramolecular Hbond substituents is 1. The Hall–Kier alpha value is -3.23. The van der Waals surface area contributed by atoms with Crippen molar-refractivity contribution in [1.29, 1.82) is 0 Å². The van der Waals surface area contributed by atoms with Crippen molar-refractivity contribution >= 4 is 33.6 Å². The quantitative estimate of drug-likeness (QED) is 0.523. The van der Waals surface area contributed by atoms with Gasteiger partial charge in [-0.05, 0) is 74.8 Å². The monoisotopic (exact) mass is 450 g/mol. The summed E-state index contributed by atoms with van der Waals surface area (Å²) in [7, 11) is -3.32. The van der Waals surface area contributed by atoms with Crippen LogP contribution in [0.15, 0.2) is 59.6 Å². The molecule has 2 heterocycles. The molecule has 0 saturated carbocycles. The highest BCUT2D eigenvalue weighted by Gasteiger charge is 2.28. The van der Waals surface area contributed by atoms with Crippen molar-refractivity contribution in [2.45, 2.75) is 29.9 Å². The maximum absolute atomic E-state index is 12.8. The maximum atomic E-state index is 12.8. The van der Waals surface area contributed by atoms with Gasteiger partial charge in [0.1, 0.15) is 5.75 Å². The van der Waals surface area contributed by atoms with Gasteiger partial charge >= 0.3 is 0 Å². The zero-order chi connectivity index (χ0) is 22.6. The Morgan fingerprint density at radius 1 is 1.09 bits per heavy atom. The molecule has 8 heteroatoms. The molecule has 4 rings (SSSR count). The third-order valence-corrected chi connectivity index (χ3v) is 7.79. The van der Waals surface area contributed by atoms with Gasteiger partial charge in [0.2, 0.25) is 5.95 Å². The van der Waals surface area contributed by atoms with E-state index >= 15 is 0 Å². The number of aryl methyl sites for hydroxylation is 1. The Labute approximate surface area is 188 Å². The zero-order valence-electron chi connectivity index (χ0n) is 17.8. The fourth-order valence-electron chi connectivity index (χ4n) is 3.67. The molecule has 7 nitrogen and oxygen atoms in total. The van der Waals surface area contributed by atoms with Gasteiger partial charge in [0, 0.05) is 17.4 Å². The molecule has 2 aromatic carbocycles. The lowest BCUT2D eigenvalue weighted by molar-refractivity contribution is 0.475. The Bertz CT molecular complexity index is 1220. The molecule has 0 atom stereocenters. The summed E-state index contributed by atoms with van der Waals surface area (Å²) in [5.74, 6) is 0.653. The normalized spacial score (nSPS) is 15.2.